The minimum absolute atomic E-state index is 0.176. The van der Waals surface area contributed by atoms with Gasteiger partial charge in [-0.25, -0.2) is 9.59 Å². The molecule has 0 saturated carbocycles. The Morgan fingerprint density at radius 3 is 2.57 bits per heavy atom. The van der Waals surface area contributed by atoms with E-state index in [-0.39, 0.29) is 11.1 Å². The molecule has 7 nitrogen and oxygen atoms in total. The van der Waals surface area contributed by atoms with Crippen LogP contribution in [0.5, 0.6) is 5.75 Å². The van der Waals surface area contributed by atoms with Gasteiger partial charge in [0.05, 0.1) is 14.2 Å². The Bertz CT molecular complexity index is 1520. The lowest BCUT2D eigenvalue weighted by atomic mass is 9.89. The predicted octanol–water partition coefficient (Wildman–Crippen LogP) is 5.45. The van der Waals surface area contributed by atoms with Crippen LogP contribution in [0.2, 0.25) is 0 Å². The minimum Gasteiger partial charge on any atom is -0.497 e. The summed E-state index contributed by atoms with van der Waals surface area (Å²) >= 11 is 1.21. The number of hydrogen-bond acceptors (Lipinski definition) is 7. The van der Waals surface area contributed by atoms with E-state index in [4.69, 9.17) is 13.9 Å². The number of methoxy groups -OCH3 is 2. The fraction of sp³-hybridized carbons (Fsp3) is 0.222. The smallest absolute Gasteiger partial charge is 0.349 e. The van der Waals surface area contributed by atoms with E-state index >= 15 is 0 Å². The van der Waals surface area contributed by atoms with E-state index in [9.17, 15) is 14.4 Å². The summed E-state index contributed by atoms with van der Waals surface area (Å²) in [5.41, 5.74) is 3.84. The summed E-state index contributed by atoms with van der Waals surface area (Å²) < 4.78 is 15.6. The van der Waals surface area contributed by atoms with Crippen LogP contribution in [-0.2, 0) is 17.6 Å². The van der Waals surface area contributed by atoms with Crippen LogP contribution in [0, 0.1) is 0 Å². The molecule has 1 amide bonds. The third-order valence-corrected chi connectivity index (χ3v) is 7.15. The van der Waals surface area contributed by atoms with Gasteiger partial charge in [0.15, 0.2) is 0 Å². The highest BCUT2D eigenvalue weighted by Gasteiger charge is 2.25. The van der Waals surface area contributed by atoms with Crippen molar-refractivity contribution in [2.24, 2.45) is 0 Å². The van der Waals surface area contributed by atoms with Gasteiger partial charge < -0.3 is 19.2 Å². The number of ether oxygens (including phenoxy) is 2. The molecule has 35 heavy (non-hydrogen) atoms. The van der Waals surface area contributed by atoms with Crippen molar-refractivity contribution in [3.63, 3.8) is 0 Å². The fourth-order valence-electron chi connectivity index (χ4n) is 4.43. The lowest BCUT2D eigenvalue weighted by Gasteiger charge is -2.16. The molecule has 0 aliphatic heterocycles. The highest BCUT2D eigenvalue weighted by Crippen LogP contribution is 2.38. The molecular formula is C27H23NO6S. The number of thiophene rings is 1. The molecule has 1 N–H and O–H groups in total. The lowest BCUT2D eigenvalue weighted by Crippen LogP contribution is -2.21. The second kappa shape index (κ2) is 9.38. The van der Waals surface area contributed by atoms with Crippen LogP contribution in [0.25, 0.3) is 22.1 Å². The zero-order valence-corrected chi connectivity index (χ0v) is 20.1. The van der Waals surface area contributed by atoms with E-state index in [1.54, 1.807) is 18.2 Å². The number of esters is 1. The molecule has 0 spiro atoms. The maximum atomic E-state index is 13.1. The Morgan fingerprint density at radius 1 is 1.00 bits per heavy atom. The minimum atomic E-state index is -0.772. The number of nitrogens with one attached hydrogen (secondary N) is 1. The molecule has 2 aromatic heterocycles. The van der Waals surface area contributed by atoms with Crippen molar-refractivity contribution >= 4 is 39.2 Å². The van der Waals surface area contributed by atoms with Gasteiger partial charge in [-0.1, -0.05) is 18.2 Å². The number of fused-ring (bicyclic) bond motifs is 2. The van der Waals surface area contributed by atoms with Gasteiger partial charge in [0.2, 0.25) is 0 Å². The maximum absolute atomic E-state index is 13.1. The Hall–Kier alpha value is -3.91. The highest BCUT2D eigenvalue weighted by molar-refractivity contribution is 7.15. The number of benzene rings is 2. The summed E-state index contributed by atoms with van der Waals surface area (Å²) in [6, 6.07) is 12.6. The Kier molecular flexibility index (Phi) is 6.13. The fourth-order valence-corrected chi connectivity index (χ4v) is 5.38. The summed E-state index contributed by atoms with van der Waals surface area (Å²) in [5.74, 6) is -0.671. The first-order chi connectivity index (χ1) is 17.0. The molecule has 0 bridgehead atoms. The second-order valence-electron chi connectivity index (χ2n) is 8.34. The zero-order valence-electron chi connectivity index (χ0n) is 19.3. The van der Waals surface area contributed by atoms with Crippen molar-refractivity contribution in [2.75, 3.05) is 19.5 Å². The second-order valence-corrected chi connectivity index (χ2v) is 9.22. The quantitative estimate of drug-likeness (QED) is 0.296. The number of carbonyl (C=O) groups excluding carboxylic acids is 2. The summed E-state index contributed by atoms with van der Waals surface area (Å²) in [5, 5.41) is 5.39. The molecule has 0 fully saturated rings. The summed E-state index contributed by atoms with van der Waals surface area (Å²) in [6.07, 6.45) is 4.40. The van der Waals surface area contributed by atoms with Crippen molar-refractivity contribution in [3.8, 4) is 16.9 Å². The van der Waals surface area contributed by atoms with E-state index in [1.165, 1.54) is 49.2 Å². The van der Waals surface area contributed by atoms with Gasteiger partial charge in [-0.2, -0.15) is 0 Å². The van der Waals surface area contributed by atoms with Gasteiger partial charge in [-0.15, -0.1) is 11.3 Å². The Balaban J connectivity index is 1.52. The van der Waals surface area contributed by atoms with Gasteiger partial charge in [0, 0.05) is 16.3 Å². The number of rotatable bonds is 5. The third kappa shape index (κ3) is 4.33. The van der Waals surface area contributed by atoms with E-state index in [0.717, 1.165) is 24.8 Å². The Morgan fingerprint density at radius 2 is 1.80 bits per heavy atom. The number of carbonyl (C=O) groups is 2. The third-order valence-electron chi connectivity index (χ3n) is 6.25. The van der Waals surface area contributed by atoms with Crippen molar-refractivity contribution in [1.82, 2.24) is 0 Å². The molecule has 2 aromatic carbocycles. The van der Waals surface area contributed by atoms with E-state index in [2.05, 4.69) is 17.4 Å². The SMILES string of the molecule is COC(=O)c1c(-c2ccc3c(c2)CCCC3)csc1NC(=O)c1cc2cc(OC)ccc2oc1=O. The number of anilines is 1. The number of amides is 1. The van der Waals surface area contributed by atoms with Gasteiger partial charge in [-0.3, -0.25) is 4.79 Å². The van der Waals surface area contributed by atoms with Gasteiger partial charge >= 0.3 is 11.6 Å². The average molecular weight is 490 g/mol. The molecule has 4 aromatic rings. The van der Waals surface area contributed by atoms with E-state index in [1.807, 2.05) is 11.4 Å². The molecule has 8 heteroatoms. The van der Waals surface area contributed by atoms with Crippen molar-refractivity contribution in [1.29, 1.82) is 0 Å². The van der Waals surface area contributed by atoms with Crippen LogP contribution >= 0.6 is 11.3 Å². The van der Waals surface area contributed by atoms with Gasteiger partial charge in [0.25, 0.3) is 5.91 Å². The summed E-state index contributed by atoms with van der Waals surface area (Å²) in [6.45, 7) is 0. The topological polar surface area (TPSA) is 94.8 Å². The molecule has 0 saturated heterocycles. The molecule has 0 radical (unpaired) electrons. The maximum Gasteiger partial charge on any atom is 0.349 e. The van der Waals surface area contributed by atoms with Gasteiger partial charge in [0.1, 0.15) is 27.5 Å². The first-order valence-electron chi connectivity index (χ1n) is 11.2. The monoisotopic (exact) mass is 489 g/mol. The normalized spacial score (nSPS) is 12.7. The first-order valence-corrected chi connectivity index (χ1v) is 12.1. The summed E-state index contributed by atoms with van der Waals surface area (Å²) in [7, 11) is 2.83. The molecule has 0 unspecified atom stereocenters. The van der Waals surface area contributed by atoms with Crippen LogP contribution in [-0.4, -0.2) is 26.1 Å². The van der Waals surface area contributed by atoms with Crippen LogP contribution in [0.3, 0.4) is 0 Å². The molecular weight excluding hydrogens is 466 g/mol. The molecule has 0 atom stereocenters. The molecule has 1 aliphatic carbocycles. The standard InChI is InChI=1S/C27H23NO6S/c1-32-19-9-10-22-18(12-19)13-20(26(30)34-22)24(29)28-25-23(27(31)33-2)21(14-35-25)17-8-7-15-5-3-4-6-16(15)11-17/h7-14H,3-6H2,1-2H3,(H,28,29). The van der Waals surface area contributed by atoms with Crippen LogP contribution in [0.1, 0.15) is 44.7 Å². The average Bonchev–Trinajstić information content (AvgIpc) is 3.30. The number of hydrogen-bond donors (Lipinski definition) is 1. The van der Waals surface area contributed by atoms with Crippen LogP contribution in [0.4, 0.5) is 5.00 Å². The molecule has 5 rings (SSSR count). The van der Waals surface area contributed by atoms with Crippen LogP contribution in [0.15, 0.2) is 57.1 Å². The Labute approximate surface area is 205 Å². The van der Waals surface area contributed by atoms with E-state index < -0.39 is 17.5 Å². The largest absolute Gasteiger partial charge is 0.497 e. The molecule has 2 heterocycles. The number of aryl methyl sites for hydroxylation is 2. The van der Waals surface area contributed by atoms with Crippen molar-refractivity contribution in [3.05, 3.63) is 80.5 Å². The van der Waals surface area contributed by atoms with Crippen molar-refractivity contribution < 1.29 is 23.5 Å². The van der Waals surface area contributed by atoms with Crippen LogP contribution < -0.4 is 15.7 Å². The molecule has 178 valence electrons. The zero-order chi connectivity index (χ0) is 24.5. The predicted molar refractivity (Wildman–Crippen MR) is 135 cm³/mol. The molecule has 1 aliphatic rings. The van der Waals surface area contributed by atoms with Crippen molar-refractivity contribution in [2.45, 2.75) is 25.7 Å². The highest BCUT2D eigenvalue weighted by atomic mass is 32.1. The van der Waals surface area contributed by atoms with Gasteiger partial charge in [-0.05, 0) is 66.6 Å². The van der Waals surface area contributed by atoms with E-state index in [0.29, 0.717) is 27.3 Å². The lowest BCUT2D eigenvalue weighted by molar-refractivity contribution is 0.0603. The summed E-state index contributed by atoms with van der Waals surface area (Å²) in [4.78, 5) is 38.3. The first kappa shape index (κ1) is 22.9.